The molecule has 0 saturated carbocycles. The molecular formula is C16H20N2O2S. The van der Waals surface area contributed by atoms with Crippen LogP contribution < -0.4 is 0 Å². The highest BCUT2D eigenvalue weighted by atomic mass is 32.2. The van der Waals surface area contributed by atoms with Gasteiger partial charge in [0.25, 0.3) is 0 Å². The van der Waals surface area contributed by atoms with Gasteiger partial charge in [-0.15, -0.1) is 0 Å². The van der Waals surface area contributed by atoms with Crippen molar-refractivity contribution in [3.63, 3.8) is 0 Å². The number of thioether (sulfide) groups is 1. The number of nitrogens with zero attached hydrogens (tertiary/aromatic N) is 2. The number of aliphatic carboxylic acids is 1. The maximum absolute atomic E-state index is 10.8. The molecule has 1 heterocycles. The zero-order valence-corrected chi connectivity index (χ0v) is 13.4. The number of rotatable bonds is 6. The molecule has 0 spiro atoms. The predicted octanol–water partition coefficient (Wildman–Crippen LogP) is 3.54. The van der Waals surface area contributed by atoms with Crippen molar-refractivity contribution in [3.05, 3.63) is 47.2 Å². The number of hydrogen-bond acceptors (Lipinski definition) is 3. The summed E-state index contributed by atoms with van der Waals surface area (Å²) in [6.45, 7) is 6.90. The Morgan fingerprint density at radius 3 is 2.76 bits per heavy atom. The lowest BCUT2D eigenvalue weighted by atomic mass is 10.1. The van der Waals surface area contributed by atoms with Crippen LogP contribution in [0.5, 0.6) is 0 Å². The van der Waals surface area contributed by atoms with Gasteiger partial charge in [0, 0.05) is 0 Å². The molecule has 0 bridgehead atoms. The molecule has 0 saturated heterocycles. The Kier molecular flexibility index (Phi) is 5.07. The average Bonchev–Trinajstić information content (AvgIpc) is 2.80. The van der Waals surface area contributed by atoms with Gasteiger partial charge in [0.15, 0.2) is 0 Å². The lowest BCUT2D eigenvalue weighted by Crippen LogP contribution is -2.06. The van der Waals surface area contributed by atoms with Crippen LogP contribution in [0.4, 0.5) is 0 Å². The minimum absolute atomic E-state index is 0.0526. The first-order valence-corrected chi connectivity index (χ1v) is 7.92. The van der Waals surface area contributed by atoms with Crippen LogP contribution >= 0.6 is 11.8 Å². The molecule has 0 fully saturated rings. The van der Waals surface area contributed by atoms with Gasteiger partial charge in [0.1, 0.15) is 0 Å². The van der Waals surface area contributed by atoms with E-state index in [1.165, 1.54) is 22.9 Å². The Balaban J connectivity index is 2.25. The zero-order valence-electron chi connectivity index (χ0n) is 12.5. The third-order valence-electron chi connectivity index (χ3n) is 3.11. The highest BCUT2D eigenvalue weighted by Crippen LogP contribution is 2.24. The molecule has 0 aliphatic carbocycles. The van der Waals surface area contributed by atoms with Crippen LogP contribution in [0.25, 0.3) is 0 Å². The summed E-state index contributed by atoms with van der Waals surface area (Å²) in [5, 5.41) is 14.4. The fraction of sp³-hybridized carbons (Fsp3) is 0.375. The molecule has 1 aromatic carbocycles. The predicted molar refractivity (Wildman–Crippen MR) is 85.0 cm³/mol. The Bertz CT molecular complexity index is 635. The molecule has 5 heteroatoms. The van der Waals surface area contributed by atoms with Crippen molar-refractivity contribution in [2.24, 2.45) is 0 Å². The molecule has 21 heavy (non-hydrogen) atoms. The van der Waals surface area contributed by atoms with Crippen LogP contribution in [0.3, 0.4) is 0 Å². The summed E-state index contributed by atoms with van der Waals surface area (Å²) < 4.78 is 1.90. The van der Waals surface area contributed by atoms with Crippen molar-refractivity contribution >= 4 is 17.7 Å². The summed E-state index contributed by atoms with van der Waals surface area (Å²) in [6, 6.07) is 10.3. The molecule has 0 aliphatic rings. The van der Waals surface area contributed by atoms with Gasteiger partial charge in [-0.1, -0.05) is 55.4 Å². The minimum Gasteiger partial charge on any atom is -0.481 e. The maximum atomic E-state index is 10.8. The minimum atomic E-state index is -0.811. The second kappa shape index (κ2) is 6.80. The first-order valence-electron chi connectivity index (χ1n) is 6.93. The summed E-state index contributed by atoms with van der Waals surface area (Å²) in [7, 11) is 0. The molecule has 0 radical (unpaired) electrons. The van der Waals surface area contributed by atoms with Crippen LogP contribution in [0.15, 0.2) is 35.4 Å². The van der Waals surface area contributed by atoms with E-state index in [2.05, 4.69) is 44.1 Å². The first-order chi connectivity index (χ1) is 9.95. The number of aromatic nitrogens is 2. The van der Waals surface area contributed by atoms with E-state index in [0.29, 0.717) is 12.5 Å². The summed E-state index contributed by atoms with van der Waals surface area (Å²) in [5.74, 6) is -0.431. The molecule has 4 nitrogen and oxygen atoms in total. The smallest absolute Gasteiger partial charge is 0.313 e. The molecule has 112 valence electrons. The first kappa shape index (κ1) is 15.6. The van der Waals surface area contributed by atoms with Gasteiger partial charge in [-0.3, -0.25) is 9.48 Å². The number of carbonyl (C=O) groups is 1. The van der Waals surface area contributed by atoms with Crippen LogP contribution in [0.1, 0.15) is 36.6 Å². The fourth-order valence-electron chi connectivity index (χ4n) is 2.05. The summed E-state index contributed by atoms with van der Waals surface area (Å²) in [6.07, 6.45) is 0. The second-order valence-electron chi connectivity index (χ2n) is 5.39. The summed E-state index contributed by atoms with van der Waals surface area (Å²) >= 11 is 1.32. The quantitative estimate of drug-likeness (QED) is 0.829. The van der Waals surface area contributed by atoms with Crippen molar-refractivity contribution < 1.29 is 9.90 Å². The standard InChI is InChI=1S/C16H20N2O2S/c1-11(2)14-8-15(21-10-16(19)20)18(17-14)9-13-6-4-5-12(3)7-13/h4-8,11H,9-10H2,1-3H3,(H,19,20). The van der Waals surface area contributed by atoms with E-state index in [0.717, 1.165) is 10.7 Å². The number of benzene rings is 1. The van der Waals surface area contributed by atoms with Gasteiger partial charge in [0.05, 0.1) is 23.0 Å². The van der Waals surface area contributed by atoms with Crippen LogP contribution in [0, 0.1) is 6.92 Å². The second-order valence-corrected chi connectivity index (χ2v) is 6.39. The van der Waals surface area contributed by atoms with Gasteiger partial charge in [-0.2, -0.15) is 5.10 Å². The molecule has 1 N–H and O–H groups in total. The molecule has 0 amide bonds. The van der Waals surface area contributed by atoms with E-state index >= 15 is 0 Å². The van der Waals surface area contributed by atoms with E-state index in [9.17, 15) is 4.79 Å². The Hall–Kier alpha value is -1.75. The third kappa shape index (κ3) is 4.36. The van der Waals surface area contributed by atoms with E-state index in [1.54, 1.807) is 0 Å². The molecule has 0 aliphatic heterocycles. The fourth-order valence-corrected chi connectivity index (χ4v) is 2.78. The van der Waals surface area contributed by atoms with Gasteiger partial charge >= 0.3 is 5.97 Å². The van der Waals surface area contributed by atoms with Gasteiger partial charge in [-0.05, 0) is 24.5 Å². The Morgan fingerprint density at radius 1 is 1.38 bits per heavy atom. The largest absolute Gasteiger partial charge is 0.481 e. The van der Waals surface area contributed by atoms with E-state index < -0.39 is 5.97 Å². The van der Waals surface area contributed by atoms with Gasteiger partial charge in [0.2, 0.25) is 0 Å². The monoisotopic (exact) mass is 304 g/mol. The number of aryl methyl sites for hydroxylation is 1. The zero-order chi connectivity index (χ0) is 15.4. The Morgan fingerprint density at radius 2 is 2.14 bits per heavy atom. The Labute approximate surface area is 129 Å². The lowest BCUT2D eigenvalue weighted by Gasteiger charge is -2.07. The van der Waals surface area contributed by atoms with Crippen molar-refractivity contribution in [1.29, 1.82) is 0 Å². The maximum Gasteiger partial charge on any atom is 0.313 e. The molecule has 0 atom stereocenters. The van der Waals surface area contributed by atoms with Crippen molar-refractivity contribution in [2.45, 2.75) is 38.3 Å². The third-order valence-corrected chi connectivity index (χ3v) is 4.13. The van der Waals surface area contributed by atoms with Crippen molar-refractivity contribution in [3.8, 4) is 0 Å². The van der Waals surface area contributed by atoms with E-state index in [-0.39, 0.29) is 5.75 Å². The van der Waals surface area contributed by atoms with Crippen molar-refractivity contribution in [2.75, 3.05) is 5.75 Å². The van der Waals surface area contributed by atoms with Crippen LogP contribution in [0.2, 0.25) is 0 Å². The van der Waals surface area contributed by atoms with E-state index in [1.807, 2.05) is 16.8 Å². The number of carboxylic acid groups (broad SMARTS) is 1. The summed E-state index contributed by atoms with van der Waals surface area (Å²) in [5.41, 5.74) is 3.38. The number of carboxylic acids is 1. The summed E-state index contributed by atoms with van der Waals surface area (Å²) in [4.78, 5) is 10.8. The van der Waals surface area contributed by atoms with E-state index in [4.69, 9.17) is 5.11 Å². The number of hydrogen-bond donors (Lipinski definition) is 1. The normalized spacial score (nSPS) is 11.0. The average molecular weight is 304 g/mol. The highest BCUT2D eigenvalue weighted by molar-refractivity contribution is 7.99. The lowest BCUT2D eigenvalue weighted by molar-refractivity contribution is -0.133. The van der Waals surface area contributed by atoms with Crippen LogP contribution in [-0.4, -0.2) is 26.6 Å². The van der Waals surface area contributed by atoms with Gasteiger partial charge < -0.3 is 5.11 Å². The van der Waals surface area contributed by atoms with Gasteiger partial charge in [-0.25, -0.2) is 0 Å². The molecule has 2 rings (SSSR count). The SMILES string of the molecule is Cc1cccc(Cn2nc(C(C)C)cc2SCC(=O)O)c1. The molecule has 1 aromatic heterocycles. The highest BCUT2D eigenvalue weighted by Gasteiger charge is 2.13. The van der Waals surface area contributed by atoms with Crippen molar-refractivity contribution in [1.82, 2.24) is 9.78 Å². The topological polar surface area (TPSA) is 55.1 Å². The molecule has 0 unspecified atom stereocenters. The van der Waals surface area contributed by atoms with Crippen LogP contribution in [-0.2, 0) is 11.3 Å². The molecule has 2 aromatic rings. The molecular weight excluding hydrogens is 284 g/mol.